The Labute approximate surface area is 164 Å². The van der Waals surface area contributed by atoms with Gasteiger partial charge in [-0.2, -0.15) is 0 Å². The van der Waals surface area contributed by atoms with Gasteiger partial charge in [0.2, 0.25) is 0 Å². The molecule has 2 aliphatic rings. The summed E-state index contributed by atoms with van der Waals surface area (Å²) in [5.41, 5.74) is 0.849. The van der Waals surface area contributed by atoms with Gasteiger partial charge in [-0.3, -0.25) is 14.4 Å². The molecule has 6 atom stereocenters. The lowest BCUT2D eigenvalue weighted by Crippen LogP contribution is -2.45. The maximum atomic E-state index is 12.8. The highest BCUT2D eigenvalue weighted by Crippen LogP contribution is 2.59. The van der Waals surface area contributed by atoms with Gasteiger partial charge in [-0.1, -0.05) is 19.1 Å². The SMILES string of the molecule is COC(=O)[C@@H]1C2CC(C(C(=O)OCc3ccc(OC)cc3)[C@@H]2C)[C@@H]1C(=O)OC. The average molecular weight is 390 g/mol. The van der Waals surface area contributed by atoms with E-state index in [0.717, 1.165) is 11.3 Å². The lowest BCUT2D eigenvalue weighted by molar-refractivity contribution is -0.168. The van der Waals surface area contributed by atoms with Crippen molar-refractivity contribution in [3.05, 3.63) is 29.8 Å². The van der Waals surface area contributed by atoms with Crippen molar-refractivity contribution in [1.29, 1.82) is 0 Å². The first-order valence-electron chi connectivity index (χ1n) is 9.38. The summed E-state index contributed by atoms with van der Waals surface area (Å²) in [5, 5.41) is 0. The third kappa shape index (κ3) is 3.45. The van der Waals surface area contributed by atoms with Gasteiger partial charge in [0.15, 0.2) is 0 Å². The van der Waals surface area contributed by atoms with E-state index in [0.29, 0.717) is 6.42 Å². The van der Waals surface area contributed by atoms with E-state index in [4.69, 9.17) is 18.9 Å². The van der Waals surface area contributed by atoms with E-state index in [-0.39, 0.29) is 30.3 Å². The highest BCUT2D eigenvalue weighted by Gasteiger charge is 2.64. The standard InChI is InChI=1S/C21H26O7/c1-11-14-9-15(18(20(23)27-4)17(14)19(22)26-3)16(11)21(24)28-10-12-5-7-13(25-2)8-6-12/h5-8,11,14-18H,9-10H2,1-4H3/t11-,14?,15?,16?,17-,18+/m1/s1. The summed E-state index contributed by atoms with van der Waals surface area (Å²) in [6, 6.07) is 7.27. The minimum absolute atomic E-state index is 0.0710. The summed E-state index contributed by atoms with van der Waals surface area (Å²) in [6.45, 7) is 2.08. The molecular formula is C21H26O7. The van der Waals surface area contributed by atoms with E-state index in [9.17, 15) is 14.4 Å². The third-order valence-electron chi connectivity index (χ3n) is 6.32. The molecule has 1 aromatic rings. The van der Waals surface area contributed by atoms with Crippen molar-refractivity contribution in [3.8, 4) is 5.75 Å². The van der Waals surface area contributed by atoms with Gasteiger partial charge in [0.25, 0.3) is 0 Å². The molecule has 0 amide bonds. The van der Waals surface area contributed by atoms with Gasteiger partial charge < -0.3 is 18.9 Å². The fraction of sp³-hybridized carbons (Fsp3) is 0.571. The predicted molar refractivity (Wildman–Crippen MR) is 98.1 cm³/mol. The van der Waals surface area contributed by atoms with Crippen LogP contribution in [0.2, 0.25) is 0 Å². The van der Waals surface area contributed by atoms with Crippen molar-refractivity contribution < 1.29 is 33.3 Å². The van der Waals surface area contributed by atoms with Crippen LogP contribution in [0.4, 0.5) is 0 Å². The second-order valence-corrected chi connectivity index (χ2v) is 7.50. The zero-order valence-corrected chi connectivity index (χ0v) is 16.5. The first kappa shape index (κ1) is 20.2. The van der Waals surface area contributed by atoms with E-state index in [1.165, 1.54) is 14.2 Å². The number of carbonyl (C=O) groups excluding carboxylic acids is 3. The third-order valence-corrected chi connectivity index (χ3v) is 6.32. The zero-order chi connectivity index (χ0) is 20.4. The number of ether oxygens (including phenoxy) is 4. The molecule has 28 heavy (non-hydrogen) atoms. The summed E-state index contributed by atoms with van der Waals surface area (Å²) >= 11 is 0. The summed E-state index contributed by atoms with van der Waals surface area (Å²) in [6.07, 6.45) is 0.614. The molecule has 0 heterocycles. The van der Waals surface area contributed by atoms with E-state index in [2.05, 4.69) is 0 Å². The Morgan fingerprint density at radius 3 is 1.96 bits per heavy atom. The monoisotopic (exact) mass is 390 g/mol. The van der Waals surface area contributed by atoms with Crippen molar-refractivity contribution in [1.82, 2.24) is 0 Å². The van der Waals surface area contributed by atoms with Crippen LogP contribution in [0, 0.1) is 35.5 Å². The number of hydrogen-bond donors (Lipinski definition) is 0. The highest BCUT2D eigenvalue weighted by atomic mass is 16.5. The van der Waals surface area contributed by atoms with Gasteiger partial charge in [0, 0.05) is 0 Å². The Bertz CT molecular complexity index is 742. The normalized spacial score (nSPS) is 30.6. The molecule has 2 saturated carbocycles. The van der Waals surface area contributed by atoms with Crippen LogP contribution in [0.3, 0.4) is 0 Å². The summed E-state index contributed by atoms with van der Waals surface area (Å²) in [4.78, 5) is 37.4. The molecule has 3 rings (SSSR count). The quantitative estimate of drug-likeness (QED) is 0.544. The number of methoxy groups -OCH3 is 3. The fourth-order valence-electron chi connectivity index (χ4n) is 4.98. The van der Waals surface area contributed by atoms with Crippen LogP contribution in [0.15, 0.2) is 24.3 Å². The minimum Gasteiger partial charge on any atom is -0.497 e. The van der Waals surface area contributed by atoms with Gasteiger partial charge in [-0.15, -0.1) is 0 Å². The first-order chi connectivity index (χ1) is 13.4. The van der Waals surface area contributed by atoms with Crippen molar-refractivity contribution in [2.75, 3.05) is 21.3 Å². The van der Waals surface area contributed by atoms with Gasteiger partial charge >= 0.3 is 17.9 Å². The zero-order valence-electron chi connectivity index (χ0n) is 16.5. The molecule has 0 aliphatic heterocycles. The Morgan fingerprint density at radius 1 is 0.857 bits per heavy atom. The minimum atomic E-state index is -0.669. The number of benzene rings is 1. The van der Waals surface area contributed by atoms with Crippen LogP contribution in [0.25, 0.3) is 0 Å². The molecule has 7 heteroatoms. The average Bonchev–Trinajstić information content (AvgIpc) is 3.26. The second kappa shape index (κ2) is 8.20. The molecule has 152 valence electrons. The molecule has 0 saturated heterocycles. The van der Waals surface area contributed by atoms with Crippen molar-refractivity contribution in [3.63, 3.8) is 0 Å². The van der Waals surface area contributed by atoms with Crippen molar-refractivity contribution in [2.45, 2.75) is 20.0 Å². The van der Waals surface area contributed by atoms with Gasteiger partial charge in [-0.25, -0.2) is 0 Å². The van der Waals surface area contributed by atoms with Crippen molar-refractivity contribution >= 4 is 17.9 Å². The Morgan fingerprint density at radius 2 is 1.43 bits per heavy atom. The first-order valence-corrected chi connectivity index (χ1v) is 9.38. The summed E-state index contributed by atoms with van der Waals surface area (Å²) < 4.78 is 20.5. The smallest absolute Gasteiger partial charge is 0.309 e. The van der Waals surface area contributed by atoms with Crippen LogP contribution in [0.1, 0.15) is 18.9 Å². The molecule has 7 nitrogen and oxygen atoms in total. The Kier molecular flexibility index (Phi) is 5.91. The number of carbonyl (C=O) groups is 3. The molecule has 0 radical (unpaired) electrons. The van der Waals surface area contributed by atoms with Crippen LogP contribution in [-0.2, 0) is 35.2 Å². The van der Waals surface area contributed by atoms with E-state index in [1.54, 1.807) is 19.2 Å². The molecule has 0 N–H and O–H groups in total. The molecule has 0 spiro atoms. The van der Waals surface area contributed by atoms with Crippen LogP contribution in [-0.4, -0.2) is 39.2 Å². The predicted octanol–water partition coefficient (Wildman–Crippen LogP) is 2.22. The molecule has 3 unspecified atom stereocenters. The van der Waals surface area contributed by atoms with Crippen molar-refractivity contribution in [2.24, 2.45) is 35.5 Å². The number of hydrogen-bond acceptors (Lipinski definition) is 7. The van der Waals surface area contributed by atoms with E-state index in [1.807, 2.05) is 19.1 Å². The van der Waals surface area contributed by atoms with E-state index < -0.39 is 29.7 Å². The lowest BCUT2D eigenvalue weighted by Gasteiger charge is -2.35. The Balaban J connectivity index is 1.72. The highest BCUT2D eigenvalue weighted by molar-refractivity contribution is 5.86. The second-order valence-electron chi connectivity index (χ2n) is 7.50. The van der Waals surface area contributed by atoms with Crippen LogP contribution < -0.4 is 4.74 Å². The number of esters is 3. The molecule has 1 aromatic carbocycles. The number of fused-ring (bicyclic) bond motifs is 2. The fourth-order valence-corrected chi connectivity index (χ4v) is 4.98. The molecule has 2 fully saturated rings. The summed E-state index contributed by atoms with van der Waals surface area (Å²) in [7, 11) is 4.20. The van der Waals surface area contributed by atoms with Gasteiger partial charge in [0.05, 0.1) is 39.1 Å². The maximum Gasteiger partial charge on any atom is 0.309 e. The Hall–Kier alpha value is -2.57. The van der Waals surface area contributed by atoms with Gasteiger partial charge in [0.1, 0.15) is 12.4 Å². The molecule has 2 bridgehead atoms. The maximum absolute atomic E-state index is 12.8. The topological polar surface area (TPSA) is 88.1 Å². The number of rotatable bonds is 6. The lowest BCUT2D eigenvalue weighted by atomic mass is 9.68. The van der Waals surface area contributed by atoms with Crippen LogP contribution in [0.5, 0.6) is 5.75 Å². The molecular weight excluding hydrogens is 364 g/mol. The molecule has 0 aromatic heterocycles. The summed E-state index contributed by atoms with van der Waals surface area (Å²) in [5.74, 6) is -2.62. The van der Waals surface area contributed by atoms with Gasteiger partial charge in [-0.05, 0) is 41.9 Å². The molecule has 2 aliphatic carbocycles. The largest absolute Gasteiger partial charge is 0.497 e. The van der Waals surface area contributed by atoms with Crippen LogP contribution >= 0.6 is 0 Å². The van der Waals surface area contributed by atoms with E-state index >= 15 is 0 Å².